The molecule has 0 nitrogen and oxygen atoms in total. The molecule has 0 atom stereocenters. The molecule has 0 bridgehead atoms. The van der Waals surface area contributed by atoms with E-state index >= 15 is 0 Å². The maximum absolute atomic E-state index is 3.30. The van der Waals surface area contributed by atoms with Crippen molar-refractivity contribution in [3.8, 4) is 34.1 Å². The van der Waals surface area contributed by atoms with E-state index in [-0.39, 0.29) is 0 Å². The SMILES string of the molecule is Cc1cccc(C)c1-c1ccc(C#Cc2ccc(-c3c(C)cccc3C)cc2)cc1. The summed E-state index contributed by atoms with van der Waals surface area (Å²) in [5.41, 5.74) is 12.4. The molecular formula is C30H26. The Labute approximate surface area is 180 Å². The summed E-state index contributed by atoms with van der Waals surface area (Å²) in [5, 5.41) is 0. The number of hydrogen-bond acceptors (Lipinski definition) is 0. The first-order valence-electron chi connectivity index (χ1n) is 10.4. The minimum atomic E-state index is 1.03. The standard InChI is InChI=1S/C30H26/c1-21-7-5-8-22(2)29(21)27-17-13-25(14-18-27)11-12-26-15-19-28(20-16-26)30-23(3)9-6-10-24(30)4/h5-10,13-20H,1-4H3. The van der Waals surface area contributed by atoms with E-state index in [0.717, 1.165) is 11.1 Å². The topological polar surface area (TPSA) is 0 Å². The highest BCUT2D eigenvalue weighted by Gasteiger charge is 2.06. The van der Waals surface area contributed by atoms with E-state index in [1.807, 2.05) is 0 Å². The fourth-order valence-corrected chi connectivity index (χ4v) is 4.12. The summed E-state index contributed by atoms with van der Waals surface area (Å²) in [7, 11) is 0. The van der Waals surface area contributed by atoms with Gasteiger partial charge in [-0.05, 0) is 96.5 Å². The summed E-state index contributed by atoms with van der Waals surface area (Å²) in [6.45, 7) is 8.66. The first kappa shape index (κ1) is 19.7. The van der Waals surface area contributed by atoms with Crippen LogP contribution in [0.4, 0.5) is 0 Å². The molecule has 0 aliphatic carbocycles. The van der Waals surface area contributed by atoms with Crippen molar-refractivity contribution in [1.82, 2.24) is 0 Å². The van der Waals surface area contributed by atoms with Gasteiger partial charge in [0.15, 0.2) is 0 Å². The van der Waals surface area contributed by atoms with Crippen LogP contribution in [0.3, 0.4) is 0 Å². The summed E-state index contributed by atoms with van der Waals surface area (Å²) in [4.78, 5) is 0. The van der Waals surface area contributed by atoms with Crippen LogP contribution in [-0.4, -0.2) is 0 Å². The molecule has 146 valence electrons. The van der Waals surface area contributed by atoms with E-state index in [0.29, 0.717) is 0 Å². The maximum atomic E-state index is 3.30. The molecule has 0 amide bonds. The van der Waals surface area contributed by atoms with E-state index in [2.05, 4.69) is 124 Å². The number of aryl methyl sites for hydroxylation is 4. The fourth-order valence-electron chi connectivity index (χ4n) is 4.12. The zero-order valence-corrected chi connectivity index (χ0v) is 18.1. The van der Waals surface area contributed by atoms with Gasteiger partial charge in [-0.15, -0.1) is 0 Å². The van der Waals surface area contributed by atoms with Crippen LogP contribution >= 0.6 is 0 Å². The predicted octanol–water partition coefficient (Wildman–Crippen LogP) is 7.65. The molecule has 0 unspecified atom stereocenters. The van der Waals surface area contributed by atoms with Crippen molar-refractivity contribution in [2.24, 2.45) is 0 Å². The molecule has 0 aliphatic heterocycles. The van der Waals surface area contributed by atoms with Gasteiger partial charge in [0, 0.05) is 11.1 Å². The zero-order chi connectivity index (χ0) is 21.1. The molecule has 0 fully saturated rings. The van der Waals surface area contributed by atoms with Gasteiger partial charge in [-0.1, -0.05) is 72.5 Å². The van der Waals surface area contributed by atoms with Crippen molar-refractivity contribution in [2.45, 2.75) is 27.7 Å². The van der Waals surface area contributed by atoms with Crippen molar-refractivity contribution in [3.05, 3.63) is 118 Å². The van der Waals surface area contributed by atoms with E-state index in [1.165, 1.54) is 44.5 Å². The molecule has 0 spiro atoms. The number of rotatable bonds is 2. The Kier molecular flexibility index (Phi) is 5.55. The highest BCUT2D eigenvalue weighted by atomic mass is 14.1. The molecule has 0 radical (unpaired) electrons. The van der Waals surface area contributed by atoms with Gasteiger partial charge in [0.1, 0.15) is 0 Å². The van der Waals surface area contributed by atoms with Crippen molar-refractivity contribution >= 4 is 0 Å². The molecule has 0 heterocycles. The van der Waals surface area contributed by atoms with Crippen molar-refractivity contribution in [2.75, 3.05) is 0 Å². The molecule has 0 aliphatic rings. The molecular weight excluding hydrogens is 360 g/mol. The van der Waals surface area contributed by atoms with Crippen LogP contribution < -0.4 is 0 Å². The van der Waals surface area contributed by atoms with Gasteiger partial charge < -0.3 is 0 Å². The second-order valence-corrected chi connectivity index (χ2v) is 7.94. The highest BCUT2D eigenvalue weighted by molar-refractivity contribution is 5.72. The van der Waals surface area contributed by atoms with Gasteiger partial charge in [-0.25, -0.2) is 0 Å². The second kappa shape index (κ2) is 8.44. The molecule has 0 aromatic heterocycles. The van der Waals surface area contributed by atoms with E-state index < -0.39 is 0 Å². The first-order chi connectivity index (χ1) is 14.5. The van der Waals surface area contributed by atoms with E-state index in [1.54, 1.807) is 0 Å². The molecule has 0 N–H and O–H groups in total. The third kappa shape index (κ3) is 4.07. The van der Waals surface area contributed by atoms with Crippen LogP contribution in [0.5, 0.6) is 0 Å². The molecule has 0 heteroatoms. The minimum absolute atomic E-state index is 1.03. The maximum Gasteiger partial charge on any atom is 0.0249 e. The first-order valence-corrected chi connectivity index (χ1v) is 10.4. The number of benzene rings is 4. The van der Waals surface area contributed by atoms with Crippen LogP contribution in [0.15, 0.2) is 84.9 Å². The van der Waals surface area contributed by atoms with Crippen molar-refractivity contribution < 1.29 is 0 Å². The lowest BCUT2D eigenvalue weighted by Crippen LogP contribution is -1.88. The van der Waals surface area contributed by atoms with Crippen LogP contribution in [0, 0.1) is 39.5 Å². The van der Waals surface area contributed by atoms with E-state index in [9.17, 15) is 0 Å². The monoisotopic (exact) mass is 386 g/mol. The highest BCUT2D eigenvalue weighted by Crippen LogP contribution is 2.28. The average Bonchev–Trinajstić information content (AvgIpc) is 2.74. The fraction of sp³-hybridized carbons (Fsp3) is 0.133. The number of hydrogen-bond donors (Lipinski definition) is 0. The lowest BCUT2D eigenvalue weighted by molar-refractivity contribution is 1.38. The Bertz CT molecular complexity index is 1100. The van der Waals surface area contributed by atoms with Gasteiger partial charge >= 0.3 is 0 Å². The summed E-state index contributed by atoms with van der Waals surface area (Å²) in [6, 6.07) is 30.0. The molecule has 30 heavy (non-hydrogen) atoms. The average molecular weight is 387 g/mol. The second-order valence-electron chi connectivity index (χ2n) is 7.94. The molecule has 0 saturated carbocycles. The zero-order valence-electron chi connectivity index (χ0n) is 18.1. The lowest BCUT2D eigenvalue weighted by atomic mass is 9.95. The Morgan fingerprint density at radius 2 is 0.700 bits per heavy atom. The normalized spacial score (nSPS) is 10.4. The van der Waals surface area contributed by atoms with Crippen LogP contribution in [-0.2, 0) is 0 Å². The van der Waals surface area contributed by atoms with Crippen LogP contribution in [0.25, 0.3) is 22.3 Å². The van der Waals surface area contributed by atoms with Gasteiger partial charge in [-0.2, -0.15) is 0 Å². The van der Waals surface area contributed by atoms with Crippen LogP contribution in [0.2, 0.25) is 0 Å². The Hall–Kier alpha value is -3.56. The van der Waals surface area contributed by atoms with E-state index in [4.69, 9.17) is 0 Å². The largest absolute Gasteiger partial charge is 0.0617 e. The molecule has 0 saturated heterocycles. The Morgan fingerprint density at radius 3 is 1.00 bits per heavy atom. The molecule has 4 aromatic rings. The molecule has 4 rings (SSSR count). The lowest BCUT2D eigenvalue weighted by Gasteiger charge is -2.10. The summed E-state index contributed by atoms with van der Waals surface area (Å²) < 4.78 is 0. The minimum Gasteiger partial charge on any atom is -0.0617 e. The molecule has 4 aromatic carbocycles. The predicted molar refractivity (Wildman–Crippen MR) is 129 cm³/mol. The summed E-state index contributed by atoms with van der Waals surface area (Å²) in [5.74, 6) is 6.60. The third-order valence-corrected chi connectivity index (χ3v) is 5.66. The van der Waals surface area contributed by atoms with Crippen molar-refractivity contribution in [1.29, 1.82) is 0 Å². The van der Waals surface area contributed by atoms with Gasteiger partial charge in [0.05, 0.1) is 0 Å². The smallest absolute Gasteiger partial charge is 0.0249 e. The Balaban J connectivity index is 1.56. The summed E-state index contributed by atoms with van der Waals surface area (Å²) >= 11 is 0. The van der Waals surface area contributed by atoms with Crippen LogP contribution in [0.1, 0.15) is 33.4 Å². The van der Waals surface area contributed by atoms with Crippen molar-refractivity contribution in [3.63, 3.8) is 0 Å². The van der Waals surface area contributed by atoms with Gasteiger partial charge in [-0.3, -0.25) is 0 Å². The quantitative estimate of drug-likeness (QED) is 0.310. The Morgan fingerprint density at radius 1 is 0.400 bits per heavy atom. The third-order valence-electron chi connectivity index (χ3n) is 5.66. The van der Waals surface area contributed by atoms with Gasteiger partial charge in [0.2, 0.25) is 0 Å². The summed E-state index contributed by atoms with van der Waals surface area (Å²) in [6.07, 6.45) is 0. The van der Waals surface area contributed by atoms with Gasteiger partial charge in [0.25, 0.3) is 0 Å².